The zero-order valence-electron chi connectivity index (χ0n) is 15.4. The van der Waals surface area contributed by atoms with Gasteiger partial charge in [-0.2, -0.15) is 0 Å². The Labute approximate surface area is 161 Å². The van der Waals surface area contributed by atoms with E-state index in [0.29, 0.717) is 30.0 Å². The van der Waals surface area contributed by atoms with Crippen molar-refractivity contribution in [2.75, 3.05) is 18.8 Å². The van der Waals surface area contributed by atoms with E-state index >= 15 is 0 Å². The Morgan fingerprint density at radius 3 is 2.63 bits per heavy atom. The molecule has 1 aromatic heterocycles. The van der Waals surface area contributed by atoms with Gasteiger partial charge in [-0.25, -0.2) is 4.39 Å². The lowest BCUT2D eigenvalue weighted by molar-refractivity contribution is -0.140. The molecule has 1 amide bonds. The summed E-state index contributed by atoms with van der Waals surface area (Å²) in [6.45, 7) is 6.83. The van der Waals surface area contributed by atoms with Gasteiger partial charge >= 0.3 is 0 Å². The van der Waals surface area contributed by atoms with Crippen LogP contribution in [0.5, 0.6) is 5.75 Å². The summed E-state index contributed by atoms with van der Waals surface area (Å²) in [6, 6.07) is 5.69. The van der Waals surface area contributed by atoms with E-state index in [1.165, 1.54) is 36.0 Å². The lowest BCUT2D eigenvalue weighted by Crippen LogP contribution is -2.48. The maximum absolute atomic E-state index is 12.9. The maximum atomic E-state index is 12.9. The lowest BCUT2D eigenvalue weighted by atomic mass is 10.2. The highest BCUT2D eigenvalue weighted by Gasteiger charge is 2.26. The second-order valence-corrected chi connectivity index (χ2v) is 7.39. The molecular weight excluding hydrogens is 373 g/mol. The van der Waals surface area contributed by atoms with Crippen molar-refractivity contribution in [1.29, 1.82) is 0 Å². The van der Waals surface area contributed by atoms with Crippen molar-refractivity contribution < 1.29 is 23.1 Å². The van der Waals surface area contributed by atoms with E-state index in [1.54, 1.807) is 11.8 Å². The number of morpholine rings is 1. The maximum Gasteiger partial charge on any atom is 0.277 e. The van der Waals surface area contributed by atoms with Crippen LogP contribution in [-0.4, -0.2) is 52.1 Å². The Morgan fingerprint density at radius 1 is 1.30 bits per heavy atom. The summed E-state index contributed by atoms with van der Waals surface area (Å²) < 4.78 is 29.8. The van der Waals surface area contributed by atoms with E-state index in [2.05, 4.69) is 10.2 Å². The Hall–Kier alpha value is -2.13. The first-order valence-corrected chi connectivity index (χ1v) is 9.71. The van der Waals surface area contributed by atoms with Crippen LogP contribution < -0.4 is 4.74 Å². The van der Waals surface area contributed by atoms with Crippen molar-refractivity contribution in [3.05, 3.63) is 36.0 Å². The van der Waals surface area contributed by atoms with Crippen LogP contribution in [0.4, 0.5) is 4.39 Å². The molecule has 1 fully saturated rings. The Balaban J connectivity index is 1.51. The summed E-state index contributed by atoms with van der Waals surface area (Å²) >= 11 is 1.19. The Morgan fingerprint density at radius 2 is 1.96 bits per heavy atom. The molecule has 146 valence electrons. The molecule has 0 saturated carbocycles. The number of thioether (sulfide) groups is 1. The van der Waals surface area contributed by atoms with Crippen LogP contribution in [0.25, 0.3) is 0 Å². The molecule has 0 N–H and O–H groups in total. The highest BCUT2D eigenvalue weighted by atomic mass is 32.2. The molecular formula is C18H22FN3O4S. The van der Waals surface area contributed by atoms with E-state index in [1.807, 2.05) is 13.8 Å². The molecule has 2 aromatic rings. The third kappa shape index (κ3) is 5.43. The van der Waals surface area contributed by atoms with Crippen molar-refractivity contribution in [2.24, 2.45) is 0 Å². The van der Waals surface area contributed by atoms with Crippen LogP contribution in [0.15, 0.2) is 33.9 Å². The number of benzene rings is 1. The van der Waals surface area contributed by atoms with E-state index in [4.69, 9.17) is 13.9 Å². The molecule has 2 heterocycles. The number of halogens is 1. The molecule has 1 aliphatic heterocycles. The van der Waals surface area contributed by atoms with Gasteiger partial charge in [-0.1, -0.05) is 11.8 Å². The van der Waals surface area contributed by atoms with Gasteiger partial charge in [-0.15, -0.1) is 10.2 Å². The molecule has 3 rings (SSSR count). The van der Waals surface area contributed by atoms with Crippen molar-refractivity contribution in [1.82, 2.24) is 15.1 Å². The first-order valence-electron chi connectivity index (χ1n) is 8.72. The SMILES string of the molecule is CC1CN(C(=O)CSc2nnc(C(C)Oc3ccc(F)cc3)o2)CC(C)O1. The highest BCUT2D eigenvalue weighted by molar-refractivity contribution is 7.99. The molecule has 0 aliphatic carbocycles. The normalized spacial score (nSPS) is 21.1. The van der Waals surface area contributed by atoms with Gasteiger partial charge in [0.15, 0.2) is 6.10 Å². The summed E-state index contributed by atoms with van der Waals surface area (Å²) in [7, 11) is 0. The number of hydrogen-bond acceptors (Lipinski definition) is 7. The fraction of sp³-hybridized carbons (Fsp3) is 0.500. The minimum absolute atomic E-state index is 0.0114. The van der Waals surface area contributed by atoms with E-state index in [-0.39, 0.29) is 29.7 Å². The van der Waals surface area contributed by atoms with Crippen LogP contribution >= 0.6 is 11.8 Å². The third-order valence-corrected chi connectivity index (χ3v) is 4.79. The molecule has 1 aromatic carbocycles. The van der Waals surface area contributed by atoms with E-state index < -0.39 is 6.10 Å². The second kappa shape index (κ2) is 8.71. The Bertz CT molecular complexity index is 760. The number of aromatic nitrogens is 2. The average Bonchev–Trinajstić information content (AvgIpc) is 3.10. The molecule has 1 saturated heterocycles. The lowest BCUT2D eigenvalue weighted by Gasteiger charge is -2.35. The molecule has 9 heteroatoms. The van der Waals surface area contributed by atoms with Crippen LogP contribution in [0.2, 0.25) is 0 Å². The first-order chi connectivity index (χ1) is 12.9. The topological polar surface area (TPSA) is 77.7 Å². The van der Waals surface area contributed by atoms with Gasteiger partial charge in [0, 0.05) is 13.1 Å². The third-order valence-electron chi connectivity index (χ3n) is 3.99. The van der Waals surface area contributed by atoms with Crippen LogP contribution in [0.1, 0.15) is 32.8 Å². The Kier molecular flexibility index (Phi) is 6.33. The van der Waals surface area contributed by atoms with E-state index in [0.717, 1.165) is 0 Å². The number of amides is 1. The fourth-order valence-corrected chi connectivity index (χ4v) is 3.48. The van der Waals surface area contributed by atoms with Gasteiger partial charge in [0.25, 0.3) is 11.1 Å². The summed E-state index contributed by atoms with van der Waals surface area (Å²) in [4.78, 5) is 14.2. The molecule has 0 bridgehead atoms. The monoisotopic (exact) mass is 395 g/mol. The molecule has 27 heavy (non-hydrogen) atoms. The van der Waals surface area contributed by atoms with Crippen LogP contribution in [0, 0.1) is 5.82 Å². The minimum atomic E-state index is -0.492. The summed E-state index contributed by atoms with van der Waals surface area (Å²) in [5.74, 6) is 0.691. The van der Waals surface area contributed by atoms with Gasteiger partial charge < -0.3 is 18.8 Å². The predicted molar refractivity (Wildman–Crippen MR) is 97.1 cm³/mol. The number of nitrogens with zero attached hydrogens (tertiary/aromatic N) is 3. The molecule has 3 atom stereocenters. The summed E-state index contributed by atoms with van der Waals surface area (Å²) in [5, 5.41) is 8.22. The minimum Gasteiger partial charge on any atom is -0.481 e. The predicted octanol–water partition coefficient (Wildman–Crippen LogP) is 3.08. The number of rotatable bonds is 6. The molecule has 0 spiro atoms. The van der Waals surface area contributed by atoms with Crippen molar-refractivity contribution >= 4 is 17.7 Å². The highest BCUT2D eigenvalue weighted by Crippen LogP contribution is 2.24. The van der Waals surface area contributed by atoms with Gasteiger partial charge in [0.1, 0.15) is 11.6 Å². The molecule has 7 nitrogen and oxygen atoms in total. The number of carbonyl (C=O) groups excluding carboxylic acids is 1. The largest absolute Gasteiger partial charge is 0.481 e. The average molecular weight is 395 g/mol. The van der Waals surface area contributed by atoms with E-state index in [9.17, 15) is 9.18 Å². The number of hydrogen-bond donors (Lipinski definition) is 0. The first kappa shape index (κ1) is 19.6. The van der Waals surface area contributed by atoms with Crippen molar-refractivity contribution in [3.63, 3.8) is 0 Å². The zero-order chi connectivity index (χ0) is 19.4. The van der Waals surface area contributed by atoms with Crippen LogP contribution in [0.3, 0.4) is 0 Å². The second-order valence-electron chi connectivity index (χ2n) is 6.46. The molecule has 3 unspecified atom stereocenters. The van der Waals surface area contributed by atoms with Gasteiger partial charge in [-0.3, -0.25) is 4.79 Å². The smallest absolute Gasteiger partial charge is 0.277 e. The van der Waals surface area contributed by atoms with Gasteiger partial charge in [0.2, 0.25) is 5.91 Å². The van der Waals surface area contributed by atoms with Gasteiger partial charge in [-0.05, 0) is 45.0 Å². The quantitative estimate of drug-likeness (QED) is 0.696. The number of carbonyl (C=O) groups is 1. The summed E-state index contributed by atoms with van der Waals surface area (Å²) in [5.41, 5.74) is 0. The fourth-order valence-electron chi connectivity index (χ4n) is 2.81. The standard InChI is InChI=1S/C18H22FN3O4S/c1-11-8-22(9-12(2)24-11)16(23)10-27-18-21-20-17(26-18)13(3)25-15-6-4-14(19)5-7-15/h4-7,11-13H,8-10H2,1-3H3. The van der Waals surface area contributed by atoms with Crippen molar-refractivity contribution in [2.45, 2.75) is 44.3 Å². The summed E-state index contributed by atoms with van der Waals surface area (Å²) in [6.07, 6.45) is -0.432. The molecule has 1 aliphatic rings. The van der Waals surface area contributed by atoms with Gasteiger partial charge in [0.05, 0.1) is 18.0 Å². The van der Waals surface area contributed by atoms with Crippen LogP contribution in [-0.2, 0) is 9.53 Å². The number of ether oxygens (including phenoxy) is 2. The van der Waals surface area contributed by atoms with Crippen molar-refractivity contribution in [3.8, 4) is 5.75 Å². The zero-order valence-corrected chi connectivity index (χ0v) is 16.2. The molecule has 0 radical (unpaired) electrons.